The molecule has 1 aromatic carbocycles. The van der Waals surface area contributed by atoms with Crippen LogP contribution in [0.2, 0.25) is 0 Å². The second-order valence-corrected chi connectivity index (χ2v) is 5.06. The fourth-order valence-electron chi connectivity index (χ4n) is 1.87. The van der Waals surface area contributed by atoms with Crippen molar-refractivity contribution in [2.45, 2.75) is 36.7 Å². The SMILES string of the molecule is C[C@H]1CC[C@H](CSc2ccccc2)N1. The molecule has 2 rings (SSSR count). The molecule has 1 nitrogen and oxygen atoms in total. The van der Waals surface area contributed by atoms with Crippen molar-refractivity contribution < 1.29 is 0 Å². The van der Waals surface area contributed by atoms with E-state index in [0.717, 1.165) is 12.1 Å². The summed E-state index contributed by atoms with van der Waals surface area (Å²) in [4.78, 5) is 1.38. The molecule has 1 N–H and O–H groups in total. The van der Waals surface area contributed by atoms with Gasteiger partial charge in [-0.15, -0.1) is 11.8 Å². The molecule has 0 amide bonds. The first-order valence-electron chi connectivity index (χ1n) is 5.28. The van der Waals surface area contributed by atoms with Gasteiger partial charge in [0, 0.05) is 22.7 Å². The standard InChI is InChI=1S/C12H17NS/c1-10-7-8-11(13-10)9-14-12-5-3-2-4-6-12/h2-6,10-11,13H,7-9H2,1H3/t10-,11+/m0/s1. The zero-order valence-electron chi connectivity index (χ0n) is 8.57. The van der Waals surface area contributed by atoms with Crippen LogP contribution in [0.4, 0.5) is 0 Å². The maximum atomic E-state index is 3.60. The lowest BCUT2D eigenvalue weighted by Gasteiger charge is -2.10. The van der Waals surface area contributed by atoms with Gasteiger partial charge in [0.25, 0.3) is 0 Å². The summed E-state index contributed by atoms with van der Waals surface area (Å²) in [5.41, 5.74) is 0. The summed E-state index contributed by atoms with van der Waals surface area (Å²) in [7, 11) is 0. The maximum absolute atomic E-state index is 3.60. The monoisotopic (exact) mass is 207 g/mol. The fourth-order valence-corrected chi connectivity index (χ4v) is 2.87. The average molecular weight is 207 g/mol. The lowest BCUT2D eigenvalue weighted by Crippen LogP contribution is -2.28. The Morgan fingerprint density at radius 2 is 2.07 bits per heavy atom. The van der Waals surface area contributed by atoms with Gasteiger partial charge in [0.1, 0.15) is 0 Å². The van der Waals surface area contributed by atoms with Gasteiger partial charge >= 0.3 is 0 Å². The molecule has 14 heavy (non-hydrogen) atoms. The Hall–Kier alpha value is -0.470. The minimum absolute atomic E-state index is 0.718. The first kappa shape index (κ1) is 10.1. The quantitative estimate of drug-likeness (QED) is 0.765. The van der Waals surface area contributed by atoms with Gasteiger partial charge in [0.2, 0.25) is 0 Å². The van der Waals surface area contributed by atoms with Gasteiger partial charge in [0.05, 0.1) is 0 Å². The smallest absolute Gasteiger partial charge is 0.0164 e. The molecule has 76 valence electrons. The summed E-state index contributed by atoms with van der Waals surface area (Å²) in [6.07, 6.45) is 2.67. The second-order valence-electron chi connectivity index (χ2n) is 3.97. The van der Waals surface area contributed by atoms with Crippen molar-refractivity contribution >= 4 is 11.8 Å². The molecular formula is C12H17NS. The lowest BCUT2D eigenvalue weighted by atomic mass is 10.2. The molecule has 1 saturated heterocycles. The molecule has 1 aliphatic rings. The first-order valence-corrected chi connectivity index (χ1v) is 6.27. The third-order valence-electron chi connectivity index (χ3n) is 2.66. The Labute approximate surface area is 90.3 Å². The normalized spacial score (nSPS) is 26.6. The Morgan fingerprint density at radius 1 is 1.29 bits per heavy atom. The van der Waals surface area contributed by atoms with E-state index in [-0.39, 0.29) is 0 Å². The third-order valence-corrected chi connectivity index (χ3v) is 3.84. The number of rotatable bonds is 3. The summed E-state index contributed by atoms with van der Waals surface area (Å²) in [5.74, 6) is 1.20. The predicted molar refractivity (Wildman–Crippen MR) is 62.8 cm³/mol. The van der Waals surface area contributed by atoms with Crippen LogP contribution in [-0.2, 0) is 0 Å². The molecule has 0 radical (unpaired) electrons. The van der Waals surface area contributed by atoms with Crippen molar-refractivity contribution in [2.24, 2.45) is 0 Å². The van der Waals surface area contributed by atoms with Crippen LogP contribution in [0.5, 0.6) is 0 Å². The van der Waals surface area contributed by atoms with Crippen LogP contribution in [0.15, 0.2) is 35.2 Å². The zero-order chi connectivity index (χ0) is 9.80. The number of nitrogens with one attached hydrogen (secondary N) is 1. The number of thioether (sulfide) groups is 1. The van der Waals surface area contributed by atoms with Crippen LogP contribution < -0.4 is 5.32 Å². The van der Waals surface area contributed by atoms with E-state index in [1.807, 2.05) is 11.8 Å². The first-order chi connectivity index (χ1) is 6.84. The van der Waals surface area contributed by atoms with E-state index in [1.54, 1.807) is 0 Å². The van der Waals surface area contributed by atoms with E-state index in [1.165, 1.54) is 23.5 Å². The maximum Gasteiger partial charge on any atom is 0.0164 e. The van der Waals surface area contributed by atoms with E-state index >= 15 is 0 Å². The van der Waals surface area contributed by atoms with Gasteiger partial charge < -0.3 is 5.32 Å². The Morgan fingerprint density at radius 3 is 2.71 bits per heavy atom. The van der Waals surface area contributed by atoms with Crippen LogP contribution in [0.3, 0.4) is 0 Å². The largest absolute Gasteiger partial charge is 0.311 e. The number of benzene rings is 1. The topological polar surface area (TPSA) is 12.0 Å². The van der Waals surface area contributed by atoms with Crippen LogP contribution in [0.25, 0.3) is 0 Å². The predicted octanol–water partition coefficient (Wildman–Crippen LogP) is 2.92. The molecule has 2 heteroatoms. The molecule has 1 aliphatic heterocycles. The van der Waals surface area contributed by atoms with Gasteiger partial charge in [-0.3, -0.25) is 0 Å². The molecule has 1 fully saturated rings. The molecule has 1 heterocycles. The van der Waals surface area contributed by atoms with Crippen LogP contribution in [-0.4, -0.2) is 17.8 Å². The van der Waals surface area contributed by atoms with Crippen molar-refractivity contribution in [1.82, 2.24) is 5.32 Å². The van der Waals surface area contributed by atoms with Crippen molar-refractivity contribution in [3.8, 4) is 0 Å². The van der Waals surface area contributed by atoms with E-state index in [0.29, 0.717) is 0 Å². The highest BCUT2D eigenvalue weighted by Gasteiger charge is 2.19. The molecule has 0 unspecified atom stereocenters. The summed E-state index contributed by atoms with van der Waals surface area (Å²) in [6.45, 7) is 2.27. The third kappa shape index (κ3) is 2.76. The molecule has 1 aromatic rings. The summed E-state index contributed by atoms with van der Waals surface area (Å²) in [6, 6.07) is 12.1. The summed E-state index contributed by atoms with van der Waals surface area (Å²) >= 11 is 1.96. The second kappa shape index (κ2) is 4.85. The van der Waals surface area contributed by atoms with Gasteiger partial charge in [-0.2, -0.15) is 0 Å². The number of hydrogen-bond donors (Lipinski definition) is 1. The van der Waals surface area contributed by atoms with Crippen molar-refractivity contribution in [1.29, 1.82) is 0 Å². The minimum Gasteiger partial charge on any atom is -0.311 e. The van der Waals surface area contributed by atoms with Crippen LogP contribution in [0, 0.1) is 0 Å². The molecule has 0 saturated carbocycles. The molecule has 2 atom stereocenters. The summed E-state index contributed by atoms with van der Waals surface area (Å²) in [5, 5.41) is 3.60. The molecule has 0 spiro atoms. The van der Waals surface area contributed by atoms with Gasteiger partial charge in [-0.1, -0.05) is 18.2 Å². The van der Waals surface area contributed by atoms with Crippen LogP contribution in [0.1, 0.15) is 19.8 Å². The Balaban J connectivity index is 1.78. The minimum atomic E-state index is 0.718. The van der Waals surface area contributed by atoms with E-state index < -0.39 is 0 Å². The molecule has 0 aromatic heterocycles. The van der Waals surface area contributed by atoms with Gasteiger partial charge in [-0.25, -0.2) is 0 Å². The Bertz CT molecular complexity index is 273. The van der Waals surface area contributed by atoms with Crippen molar-refractivity contribution in [3.63, 3.8) is 0 Å². The van der Waals surface area contributed by atoms with Crippen molar-refractivity contribution in [2.75, 3.05) is 5.75 Å². The molecule has 0 bridgehead atoms. The van der Waals surface area contributed by atoms with Crippen molar-refractivity contribution in [3.05, 3.63) is 30.3 Å². The van der Waals surface area contributed by atoms with Gasteiger partial charge in [-0.05, 0) is 31.9 Å². The molecular weight excluding hydrogens is 190 g/mol. The van der Waals surface area contributed by atoms with E-state index in [9.17, 15) is 0 Å². The average Bonchev–Trinajstić information content (AvgIpc) is 2.63. The summed E-state index contributed by atoms with van der Waals surface area (Å²) < 4.78 is 0. The highest BCUT2D eigenvalue weighted by Crippen LogP contribution is 2.22. The highest BCUT2D eigenvalue weighted by atomic mass is 32.2. The highest BCUT2D eigenvalue weighted by molar-refractivity contribution is 7.99. The number of hydrogen-bond acceptors (Lipinski definition) is 2. The van der Waals surface area contributed by atoms with Crippen LogP contribution >= 0.6 is 11.8 Å². The molecule has 0 aliphatic carbocycles. The van der Waals surface area contributed by atoms with E-state index in [2.05, 4.69) is 42.6 Å². The fraction of sp³-hybridized carbons (Fsp3) is 0.500. The lowest BCUT2D eigenvalue weighted by molar-refractivity contribution is 0.602. The van der Waals surface area contributed by atoms with Gasteiger partial charge in [0.15, 0.2) is 0 Å². The van der Waals surface area contributed by atoms with E-state index in [4.69, 9.17) is 0 Å². The Kier molecular flexibility index (Phi) is 3.49. The zero-order valence-corrected chi connectivity index (χ0v) is 9.39.